The van der Waals surface area contributed by atoms with E-state index in [0.29, 0.717) is 6.54 Å². The first kappa shape index (κ1) is 13.6. The highest BCUT2D eigenvalue weighted by Crippen LogP contribution is 2.33. The van der Waals surface area contributed by atoms with E-state index in [9.17, 15) is 0 Å². The molecule has 1 aromatic carbocycles. The Balaban J connectivity index is 2.19. The lowest BCUT2D eigenvalue weighted by Gasteiger charge is -2.21. The van der Waals surface area contributed by atoms with Gasteiger partial charge in [-0.25, -0.2) is 0 Å². The molecule has 3 nitrogen and oxygen atoms in total. The Hall–Kier alpha value is -0.840. The van der Waals surface area contributed by atoms with Crippen LogP contribution in [0, 0.1) is 0 Å². The van der Waals surface area contributed by atoms with Gasteiger partial charge in [0, 0.05) is 36.1 Å². The second-order valence-corrected chi connectivity index (χ2v) is 5.31. The SMILES string of the molecule is C=CCN(CCO)Cc1cc(Br)cc2c1OCC2. The van der Waals surface area contributed by atoms with Crippen molar-refractivity contribution in [3.63, 3.8) is 0 Å². The average Bonchev–Trinajstić information content (AvgIpc) is 2.77. The molecule has 4 heteroatoms. The maximum absolute atomic E-state index is 9.07. The van der Waals surface area contributed by atoms with Gasteiger partial charge in [0.2, 0.25) is 0 Å². The maximum atomic E-state index is 9.07. The topological polar surface area (TPSA) is 32.7 Å². The van der Waals surface area contributed by atoms with Crippen molar-refractivity contribution in [1.82, 2.24) is 4.90 Å². The van der Waals surface area contributed by atoms with Gasteiger partial charge in [0.15, 0.2) is 0 Å². The van der Waals surface area contributed by atoms with Crippen LogP contribution in [0.5, 0.6) is 5.75 Å². The van der Waals surface area contributed by atoms with Gasteiger partial charge in [-0.3, -0.25) is 4.90 Å². The Morgan fingerprint density at radius 2 is 2.33 bits per heavy atom. The smallest absolute Gasteiger partial charge is 0.127 e. The monoisotopic (exact) mass is 311 g/mol. The minimum Gasteiger partial charge on any atom is -0.493 e. The van der Waals surface area contributed by atoms with E-state index >= 15 is 0 Å². The third-order valence-electron chi connectivity index (χ3n) is 3.02. The number of fused-ring (bicyclic) bond motifs is 1. The lowest BCUT2D eigenvalue weighted by atomic mass is 10.1. The van der Waals surface area contributed by atoms with Gasteiger partial charge < -0.3 is 9.84 Å². The molecule has 0 spiro atoms. The van der Waals surface area contributed by atoms with Gasteiger partial charge in [-0.1, -0.05) is 22.0 Å². The highest BCUT2D eigenvalue weighted by molar-refractivity contribution is 9.10. The van der Waals surface area contributed by atoms with E-state index in [2.05, 4.69) is 39.5 Å². The first-order chi connectivity index (χ1) is 8.74. The number of nitrogens with zero attached hydrogens (tertiary/aromatic N) is 1. The zero-order chi connectivity index (χ0) is 13.0. The Bertz CT molecular complexity index is 434. The van der Waals surface area contributed by atoms with Crippen molar-refractivity contribution in [1.29, 1.82) is 0 Å². The summed E-state index contributed by atoms with van der Waals surface area (Å²) in [4.78, 5) is 2.15. The summed E-state index contributed by atoms with van der Waals surface area (Å²) in [7, 11) is 0. The predicted octanol–water partition coefficient (Wildman–Crippen LogP) is 2.36. The number of benzene rings is 1. The molecule has 0 aromatic heterocycles. The zero-order valence-electron chi connectivity index (χ0n) is 10.4. The lowest BCUT2D eigenvalue weighted by Crippen LogP contribution is -2.26. The Labute approximate surface area is 116 Å². The summed E-state index contributed by atoms with van der Waals surface area (Å²) >= 11 is 3.54. The van der Waals surface area contributed by atoms with E-state index in [1.807, 2.05) is 6.08 Å². The second-order valence-electron chi connectivity index (χ2n) is 4.40. The molecule has 18 heavy (non-hydrogen) atoms. The quantitative estimate of drug-likeness (QED) is 0.819. The molecule has 0 amide bonds. The third kappa shape index (κ3) is 3.13. The van der Waals surface area contributed by atoms with Crippen LogP contribution in [-0.4, -0.2) is 36.3 Å². The van der Waals surface area contributed by atoms with Crippen LogP contribution in [0.25, 0.3) is 0 Å². The number of aliphatic hydroxyl groups is 1. The highest BCUT2D eigenvalue weighted by Gasteiger charge is 2.18. The highest BCUT2D eigenvalue weighted by atomic mass is 79.9. The largest absolute Gasteiger partial charge is 0.493 e. The average molecular weight is 312 g/mol. The van der Waals surface area contributed by atoms with Gasteiger partial charge in [-0.05, 0) is 17.7 Å². The Kier molecular flexibility index (Phi) is 4.80. The molecule has 0 atom stereocenters. The molecule has 1 N–H and O–H groups in total. The zero-order valence-corrected chi connectivity index (χ0v) is 11.9. The van der Waals surface area contributed by atoms with Gasteiger partial charge >= 0.3 is 0 Å². The van der Waals surface area contributed by atoms with Crippen LogP contribution in [-0.2, 0) is 13.0 Å². The summed E-state index contributed by atoms with van der Waals surface area (Å²) in [6.45, 7) is 6.86. The maximum Gasteiger partial charge on any atom is 0.127 e. The van der Waals surface area contributed by atoms with E-state index in [1.165, 1.54) is 11.1 Å². The first-order valence-electron chi connectivity index (χ1n) is 6.12. The Morgan fingerprint density at radius 1 is 1.50 bits per heavy atom. The molecule has 2 rings (SSSR count). The molecule has 0 saturated heterocycles. The standard InChI is InChI=1S/C14H18BrNO2/c1-2-4-16(5-6-17)10-12-9-13(15)8-11-3-7-18-14(11)12/h2,8-9,17H,1,3-7,10H2. The molecule has 0 radical (unpaired) electrons. The van der Waals surface area contributed by atoms with Gasteiger partial charge in [0.1, 0.15) is 5.75 Å². The molecule has 1 aliphatic heterocycles. The van der Waals surface area contributed by atoms with Gasteiger partial charge in [-0.2, -0.15) is 0 Å². The number of rotatable bonds is 6. The molecule has 98 valence electrons. The minimum absolute atomic E-state index is 0.158. The van der Waals surface area contributed by atoms with E-state index in [4.69, 9.17) is 9.84 Å². The summed E-state index contributed by atoms with van der Waals surface area (Å²) in [5, 5.41) is 9.07. The summed E-state index contributed by atoms with van der Waals surface area (Å²) in [5.41, 5.74) is 2.44. The molecule has 1 heterocycles. The van der Waals surface area contributed by atoms with Crippen LogP contribution in [0.15, 0.2) is 29.3 Å². The lowest BCUT2D eigenvalue weighted by molar-refractivity contribution is 0.201. The second kappa shape index (κ2) is 6.36. The van der Waals surface area contributed by atoms with Gasteiger partial charge in [0.25, 0.3) is 0 Å². The van der Waals surface area contributed by atoms with Crippen LogP contribution in [0.1, 0.15) is 11.1 Å². The number of hydrogen-bond acceptors (Lipinski definition) is 3. The fourth-order valence-corrected chi connectivity index (χ4v) is 2.82. The van der Waals surface area contributed by atoms with Crippen LogP contribution in [0.2, 0.25) is 0 Å². The number of hydrogen-bond donors (Lipinski definition) is 1. The van der Waals surface area contributed by atoms with Crippen LogP contribution in [0.3, 0.4) is 0 Å². The number of ether oxygens (including phenoxy) is 1. The fraction of sp³-hybridized carbons (Fsp3) is 0.429. The van der Waals surface area contributed by atoms with Crippen molar-refractivity contribution in [2.75, 3.05) is 26.3 Å². The van der Waals surface area contributed by atoms with Crippen LogP contribution >= 0.6 is 15.9 Å². The predicted molar refractivity (Wildman–Crippen MR) is 75.9 cm³/mol. The Morgan fingerprint density at radius 3 is 3.06 bits per heavy atom. The van der Waals surface area contributed by atoms with Crippen molar-refractivity contribution in [2.24, 2.45) is 0 Å². The summed E-state index contributed by atoms with van der Waals surface area (Å²) in [6, 6.07) is 4.22. The molecular weight excluding hydrogens is 294 g/mol. The molecule has 0 bridgehead atoms. The van der Waals surface area contributed by atoms with Crippen molar-refractivity contribution in [2.45, 2.75) is 13.0 Å². The molecule has 0 saturated carbocycles. The molecule has 1 aromatic rings. The normalized spacial score (nSPS) is 13.5. The third-order valence-corrected chi connectivity index (χ3v) is 3.48. The van der Waals surface area contributed by atoms with Crippen molar-refractivity contribution >= 4 is 15.9 Å². The molecule has 1 aliphatic rings. The number of aliphatic hydroxyl groups excluding tert-OH is 1. The minimum atomic E-state index is 0.158. The number of halogens is 1. The molecular formula is C14H18BrNO2. The van der Waals surface area contributed by atoms with Crippen molar-refractivity contribution < 1.29 is 9.84 Å². The van der Waals surface area contributed by atoms with Crippen LogP contribution in [0.4, 0.5) is 0 Å². The van der Waals surface area contributed by atoms with E-state index in [0.717, 1.165) is 36.3 Å². The molecule has 0 aliphatic carbocycles. The van der Waals surface area contributed by atoms with Gasteiger partial charge in [-0.15, -0.1) is 6.58 Å². The van der Waals surface area contributed by atoms with Gasteiger partial charge in [0.05, 0.1) is 13.2 Å². The summed E-state index contributed by atoms with van der Waals surface area (Å²) in [6.07, 6.45) is 2.83. The van der Waals surface area contributed by atoms with Crippen molar-refractivity contribution in [3.05, 3.63) is 40.4 Å². The van der Waals surface area contributed by atoms with E-state index in [1.54, 1.807) is 0 Å². The molecule has 0 unspecified atom stereocenters. The summed E-state index contributed by atoms with van der Waals surface area (Å²) in [5.74, 6) is 1.02. The fourth-order valence-electron chi connectivity index (χ4n) is 2.26. The van der Waals surface area contributed by atoms with Crippen LogP contribution < -0.4 is 4.74 Å². The van der Waals surface area contributed by atoms with Crippen molar-refractivity contribution in [3.8, 4) is 5.75 Å². The summed E-state index contributed by atoms with van der Waals surface area (Å²) < 4.78 is 6.79. The van der Waals surface area contributed by atoms with E-state index in [-0.39, 0.29) is 6.61 Å². The molecule has 0 fully saturated rings. The van der Waals surface area contributed by atoms with E-state index < -0.39 is 0 Å². The first-order valence-corrected chi connectivity index (χ1v) is 6.92.